The summed E-state index contributed by atoms with van der Waals surface area (Å²) >= 11 is 2.20. The summed E-state index contributed by atoms with van der Waals surface area (Å²) in [5, 5.41) is 0. The van der Waals surface area contributed by atoms with Crippen LogP contribution in [0.25, 0.3) is 0 Å². The van der Waals surface area contributed by atoms with Crippen LogP contribution < -0.4 is 0 Å². The first-order valence-corrected chi connectivity index (χ1v) is 6.07. The molecule has 0 aromatic rings. The minimum atomic E-state index is 0.140. The molecule has 0 saturated carbocycles. The number of piperazine rings is 1. The van der Waals surface area contributed by atoms with Crippen LogP contribution in [-0.2, 0) is 4.79 Å². The van der Waals surface area contributed by atoms with Crippen LogP contribution in [0, 0.1) is 0 Å². The second-order valence-electron chi connectivity index (χ2n) is 3.82. The quantitative estimate of drug-likeness (QED) is 0.432. The van der Waals surface area contributed by atoms with Crippen LogP contribution in [0.3, 0.4) is 0 Å². The number of halogens is 1. The molecule has 5 heteroatoms. The first kappa shape index (κ1) is 12.9. The van der Waals surface area contributed by atoms with E-state index in [0.29, 0.717) is 0 Å². The molecule has 86 valence electrons. The monoisotopic (exact) mass is 323 g/mol. The zero-order valence-corrected chi connectivity index (χ0v) is 11.5. The maximum Gasteiger partial charge on any atom is 0.246 e. The summed E-state index contributed by atoms with van der Waals surface area (Å²) in [6.07, 6.45) is 3.59. The van der Waals surface area contributed by atoms with Gasteiger partial charge in [0.25, 0.3) is 0 Å². The van der Waals surface area contributed by atoms with E-state index in [9.17, 15) is 4.79 Å². The van der Waals surface area contributed by atoms with E-state index < -0.39 is 0 Å². The molecule has 1 fully saturated rings. The van der Waals surface area contributed by atoms with Gasteiger partial charge in [-0.2, -0.15) is 0 Å². The van der Waals surface area contributed by atoms with Gasteiger partial charge in [-0.3, -0.25) is 4.79 Å². The van der Waals surface area contributed by atoms with Crippen LogP contribution in [0.4, 0.5) is 0 Å². The van der Waals surface area contributed by atoms with E-state index in [4.69, 9.17) is 0 Å². The molecule has 0 bridgehead atoms. The highest BCUT2D eigenvalue weighted by molar-refractivity contribution is 14.1. The maximum atomic E-state index is 11.7. The molecule has 0 radical (unpaired) electrons. The fraction of sp³-hybridized carbons (Fsp3) is 0.700. The molecule has 0 aromatic carbocycles. The SMILES string of the molecule is CN(I)C/C=C/C(=O)N1CCN(C)CC1. The van der Waals surface area contributed by atoms with Crippen molar-refractivity contribution < 1.29 is 4.79 Å². The Balaban J connectivity index is 2.31. The van der Waals surface area contributed by atoms with Crippen molar-refractivity contribution in [1.82, 2.24) is 12.9 Å². The third-order valence-corrected chi connectivity index (χ3v) is 2.83. The fourth-order valence-corrected chi connectivity index (χ4v) is 1.66. The number of amides is 1. The average molecular weight is 323 g/mol. The molecule has 0 aliphatic carbocycles. The maximum absolute atomic E-state index is 11.7. The molecule has 0 aromatic heterocycles. The Morgan fingerprint density at radius 2 is 2.00 bits per heavy atom. The van der Waals surface area contributed by atoms with Crippen LogP contribution in [0.5, 0.6) is 0 Å². The lowest BCUT2D eigenvalue weighted by molar-refractivity contribution is -0.127. The smallest absolute Gasteiger partial charge is 0.246 e. The predicted octanol–water partition coefficient (Wildman–Crippen LogP) is 0.598. The van der Waals surface area contributed by atoms with Crippen LogP contribution in [-0.4, -0.2) is 65.6 Å². The van der Waals surface area contributed by atoms with Crippen molar-refractivity contribution in [2.45, 2.75) is 0 Å². The lowest BCUT2D eigenvalue weighted by atomic mass is 10.3. The minimum Gasteiger partial charge on any atom is -0.337 e. The molecule has 0 spiro atoms. The van der Waals surface area contributed by atoms with Crippen LogP contribution in [0.15, 0.2) is 12.2 Å². The topological polar surface area (TPSA) is 26.8 Å². The van der Waals surface area contributed by atoms with Crippen molar-refractivity contribution in [3.63, 3.8) is 0 Å². The predicted molar refractivity (Wildman–Crippen MR) is 69.9 cm³/mol. The van der Waals surface area contributed by atoms with Gasteiger partial charge in [0.15, 0.2) is 0 Å². The highest BCUT2D eigenvalue weighted by atomic mass is 127. The van der Waals surface area contributed by atoms with Crippen LogP contribution >= 0.6 is 22.9 Å². The Hall–Kier alpha value is -0.140. The van der Waals surface area contributed by atoms with Crippen molar-refractivity contribution >= 4 is 28.8 Å². The summed E-state index contributed by atoms with van der Waals surface area (Å²) in [6.45, 7) is 4.46. The molecule has 4 nitrogen and oxygen atoms in total. The number of hydrogen-bond donors (Lipinski definition) is 0. The Kier molecular flexibility index (Phi) is 5.55. The van der Waals surface area contributed by atoms with Gasteiger partial charge in [-0.25, -0.2) is 3.11 Å². The van der Waals surface area contributed by atoms with Crippen molar-refractivity contribution in [2.75, 3.05) is 46.8 Å². The summed E-state index contributed by atoms with van der Waals surface area (Å²) in [7, 11) is 4.06. The van der Waals surface area contributed by atoms with E-state index in [1.807, 2.05) is 21.1 Å². The zero-order valence-electron chi connectivity index (χ0n) is 9.32. The molecular weight excluding hydrogens is 305 g/mol. The number of carbonyl (C=O) groups excluding carboxylic acids is 1. The molecule has 1 saturated heterocycles. The molecule has 0 unspecified atom stereocenters. The van der Waals surface area contributed by atoms with Gasteiger partial charge >= 0.3 is 0 Å². The summed E-state index contributed by atoms with van der Waals surface area (Å²) in [6, 6.07) is 0. The summed E-state index contributed by atoms with van der Waals surface area (Å²) in [4.78, 5) is 15.8. The van der Waals surface area contributed by atoms with E-state index in [2.05, 4.69) is 34.8 Å². The number of hydrogen-bond acceptors (Lipinski definition) is 3. The fourth-order valence-electron chi connectivity index (χ4n) is 1.43. The van der Waals surface area contributed by atoms with Gasteiger partial charge in [-0.1, -0.05) is 6.08 Å². The molecular formula is C10H18IN3O. The van der Waals surface area contributed by atoms with Gasteiger partial charge < -0.3 is 9.80 Å². The van der Waals surface area contributed by atoms with E-state index in [1.54, 1.807) is 6.08 Å². The normalized spacial score (nSPS) is 19.1. The van der Waals surface area contributed by atoms with E-state index in [-0.39, 0.29) is 5.91 Å². The molecule has 1 amide bonds. The second kappa shape index (κ2) is 6.44. The lowest BCUT2D eigenvalue weighted by Gasteiger charge is -2.31. The van der Waals surface area contributed by atoms with Crippen LogP contribution in [0.2, 0.25) is 0 Å². The lowest BCUT2D eigenvalue weighted by Crippen LogP contribution is -2.46. The van der Waals surface area contributed by atoms with Gasteiger partial charge in [-0.05, 0) is 14.1 Å². The van der Waals surface area contributed by atoms with Gasteiger partial charge in [0.1, 0.15) is 0 Å². The molecule has 1 aliphatic rings. The second-order valence-corrected chi connectivity index (χ2v) is 5.47. The third kappa shape index (κ3) is 4.94. The van der Waals surface area contributed by atoms with Gasteiger partial charge in [0.2, 0.25) is 5.91 Å². The Bertz CT molecular complexity index is 235. The first-order valence-electron chi connectivity index (χ1n) is 5.10. The molecule has 0 atom stereocenters. The third-order valence-electron chi connectivity index (χ3n) is 2.43. The molecule has 1 rings (SSSR count). The number of nitrogens with zero attached hydrogens (tertiary/aromatic N) is 3. The Labute approximate surface area is 105 Å². The zero-order chi connectivity index (χ0) is 11.3. The standard InChI is InChI=1S/C10H18IN3O/c1-12-6-8-14(9-7-12)10(15)4-3-5-13(2)11/h3-4H,5-9H2,1-2H3/b4-3+. The molecule has 0 N–H and O–H groups in total. The number of rotatable bonds is 3. The Morgan fingerprint density at radius 3 is 2.53 bits per heavy atom. The first-order chi connectivity index (χ1) is 7.09. The van der Waals surface area contributed by atoms with Crippen LogP contribution in [0.1, 0.15) is 0 Å². The van der Waals surface area contributed by atoms with E-state index in [1.165, 1.54) is 0 Å². The van der Waals surface area contributed by atoms with Crippen molar-refractivity contribution in [2.24, 2.45) is 0 Å². The molecule has 1 heterocycles. The van der Waals surface area contributed by atoms with E-state index >= 15 is 0 Å². The highest BCUT2D eigenvalue weighted by Gasteiger charge is 2.16. The highest BCUT2D eigenvalue weighted by Crippen LogP contribution is 2.00. The summed E-state index contributed by atoms with van der Waals surface area (Å²) < 4.78 is 2.01. The number of carbonyl (C=O) groups is 1. The average Bonchev–Trinajstić information content (AvgIpc) is 2.18. The molecule has 1 aliphatic heterocycles. The van der Waals surface area contributed by atoms with E-state index in [0.717, 1.165) is 32.7 Å². The van der Waals surface area contributed by atoms with Gasteiger partial charge in [-0.15, -0.1) is 0 Å². The Morgan fingerprint density at radius 1 is 1.40 bits per heavy atom. The van der Waals surface area contributed by atoms with Gasteiger partial charge in [0.05, 0.1) is 0 Å². The van der Waals surface area contributed by atoms with Gasteiger partial charge in [0, 0.05) is 61.7 Å². The van der Waals surface area contributed by atoms with Crippen molar-refractivity contribution in [1.29, 1.82) is 0 Å². The van der Waals surface area contributed by atoms with Crippen molar-refractivity contribution in [3.8, 4) is 0 Å². The summed E-state index contributed by atoms with van der Waals surface area (Å²) in [5.41, 5.74) is 0. The molecule has 15 heavy (non-hydrogen) atoms. The van der Waals surface area contributed by atoms with Crippen molar-refractivity contribution in [3.05, 3.63) is 12.2 Å². The summed E-state index contributed by atoms with van der Waals surface area (Å²) in [5.74, 6) is 0.140. The number of likely N-dealkylation sites (N-methyl/N-ethyl adjacent to an activating group) is 2. The minimum absolute atomic E-state index is 0.140. The largest absolute Gasteiger partial charge is 0.337 e.